The summed E-state index contributed by atoms with van der Waals surface area (Å²) in [7, 11) is 3.97. The molecule has 1 N–H and O–H groups in total. The lowest BCUT2D eigenvalue weighted by molar-refractivity contribution is -0.132. The molecule has 2 amide bonds. The maximum Gasteiger partial charge on any atom is 0.239 e. The molecule has 1 aliphatic rings. The van der Waals surface area contributed by atoms with Crippen molar-refractivity contribution in [3.63, 3.8) is 0 Å². The van der Waals surface area contributed by atoms with Crippen LogP contribution in [0.4, 0.5) is 11.4 Å². The third kappa shape index (κ3) is 3.82. The van der Waals surface area contributed by atoms with Gasteiger partial charge in [-0.1, -0.05) is 30.3 Å². The number of benzene rings is 2. The molecule has 1 heterocycles. The first-order valence-corrected chi connectivity index (χ1v) is 8.46. The van der Waals surface area contributed by atoms with Crippen LogP contribution in [-0.2, 0) is 16.1 Å². The van der Waals surface area contributed by atoms with Gasteiger partial charge in [0.05, 0.1) is 0 Å². The van der Waals surface area contributed by atoms with Crippen molar-refractivity contribution < 1.29 is 9.59 Å². The van der Waals surface area contributed by atoms with Crippen molar-refractivity contribution in [2.75, 3.05) is 30.4 Å². The van der Waals surface area contributed by atoms with Crippen LogP contribution in [0.25, 0.3) is 0 Å². The zero-order valence-electron chi connectivity index (χ0n) is 14.6. The SMILES string of the molecule is CN(C)c1ccc(CNC(=O)[C@H]2CCN(c3ccccc3)C2=O)cc1. The van der Waals surface area contributed by atoms with Crippen LogP contribution in [-0.4, -0.2) is 32.5 Å². The Kier molecular flexibility index (Phi) is 5.03. The molecule has 0 saturated carbocycles. The van der Waals surface area contributed by atoms with Gasteiger partial charge in [-0.15, -0.1) is 0 Å². The Morgan fingerprint density at radius 3 is 2.44 bits per heavy atom. The Morgan fingerprint density at radius 2 is 1.80 bits per heavy atom. The van der Waals surface area contributed by atoms with Gasteiger partial charge in [0, 0.05) is 38.6 Å². The third-order valence-corrected chi connectivity index (χ3v) is 4.51. The number of para-hydroxylation sites is 1. The van der Waals surface area contributed by atoms with Crippen LogP contribution in [0.3, 0.4) is 0 Å². The molecule has 1 aliphatic heterocycles. The van der Waals surface area contributed by atoms with E-state index in [0.29, 0.717) is 19.5 Å². The minimum absolute atomic E-state index is 0.119. The molecule has 0 aliphatic carbocycles. The molecule has 2 aromatic carbocycles. The van der Waals surface area contributed by atoms with Crippen LogP contribution in [0, 0.1) is 5.92 Å². The smallest absolute Gasteiger partial charge is 0.239 e. The minimum Gasteiger partial charge on any atom is -0.378 e. The maximum atomic E-state index is 12.5. The van der Waals surface area contributed by atoms with Crippen molar-refractivity contribution in [3.8, 4) is 0 Å². The van der Waals surface area contributed by atoms with Crippen molar-refractivity contribution in [2.24, 2.45) is 5.92 Å². The normalized spacial score (nSPS) is 16.8. The van der Waals surface area contributed by atoms with E-state index in [-0.39, 0.29) is 11.8 Å². The van der Waals surface area contributed by atoms with Gasteiger partial charge < -0.3 is 15.1 Å². The quantitative estimate of drug-likeness (QED) is 0.853. The first-order valence-electron chi connectivity index (χ1n) is 8.46. The molecule has 130 valence electrons. The van der Waals surface area contributed by atoms with E-state index >= 15 is 0 Å². The number of hydrogen-bond donors (Lipinski definition) is 1. The molecule has 1 saturated heterocycles. The van der Waals surface area contributed by atoms with Crippen molar-refractivity contribution in [3.05, 3.63) is 60.2 Å². The Hall–Kier alpha value is -2.82. The second-order valence-corrected chi connectivity index (χ2v) is 6.45. The van der Waals surface area contributed by atoms with Gasteiger partial charge in [0.25, 0.3) is 0 Å². The van der Waals surface area contributed by atoms with Crippen molar-refractivity contribution in [1.29, 1.82) is 0 Å². The lowest BCUT2D eigenvalue weighted by atomic mass is 10.1. The summed E-state index contributed by atoms with van der Waals surface area (Å²) in [5, 5.41) is 2.89. The van der Waals surface area contributed by atoms with E-state index < -0.39 is 5.92 Å². The first kappa shape index (κ1) is 17.0. The maximum absolute atomic E-state index is 12.5. The fraction of sp³-hybridized carbons (Fsp3) is 0.300. The molecule has 5 nitrogen and oxygen atoms in total. The van der Waals surface area contributed by atoms with Gasteiger partial charge in [0.2, 0.25) is 11.8 Å². The molecular formula is C20H23N3O2. The van der Waals surface area contributed by atoms with Crippen LogP contribution in [0.15, 0.2) is 54.6 Å². The molecule has 2 aromatic rings. The molecule has 1 fully saturated rings. The highest BCUT2D eigenvalue weighted by Gasteiger charge is 2.37. The van der Waals surface area contributed by atoms with Crippen LogP contribution < -0.4 is 15.1 Å². The predicted octanol–water partition coefficient (Wildman–Crippen LogP) is 2.42. The molecule has 0 bridgehead atoms. The van der Waals surface area contributed by atoms with E-state index in [1.807, 2.05) is 73.6 Å². The average molecular weight is 337 g/mol. The highest BCUT2D eigenvalue weighted by molar-refractivity contribution is 6.09. The van der Waals surface area contributed by atoms with Gasteiger partial charge in [-0.05, 0) is 36.2 Å². The van der Waals surface area contributed by atoms with E-state index in [4.69, 9.17) is 0 Å². The number of carbonyl (C=O) groups excluding carboxylic acids is 2. The monoisotopic (exact) mass is 337 g/mol. The van der Waals surface area contributed by atoms with Gasteiger partial charge in [0.1, 0.15) is 5.92 Å². The largest absolute Gasteiger partial charge is 0.378 e. The molecule has 0 aromatic heterocycles. The summed E-state index contributed by atoms with van der Waals surface area (Å²) in [5.74, 6) is -0.909. The van der Waals surface area contributed by atoms with Crippen LogP contribution in [0.2, 0.25) is 0 Å². The minimum atomic E-state index is -0.596. The van der Waals surface area contributed by atoms with E-state index in [1.54, 1.807) is 4.90 Å². The second kappa shape index (κ2) is 7.38. The Bertz CT molecular complexity index is 741. The van der Waals surface area contributed by atoms with E-state index in [2.05, 4.69) is 5.32 Å². The van der Waals surface area contributed by atoms with Crippen LogP contribution >= 0.6 is 0 Å². The molecule has 25 heavy (non-hydrogen) atoms. The first-order chi connectivity index (χ1) is 12.1. The van der Waals surface area contributed by atoms with Gasteiger partial charge in [-0.25, -0.2) is 0 Å². The summed E-state index contributed by atoms with van der Waals surface area (Å²) >= 11 is 0. The third-order valence-electron chi connectivity index (χ3n) is 4.51. The second-order valence-electron chi connectivity index (χ2n) is 6.45. The number of carbonyl (C=O) groups is 2. The van der Waals surface area contributed by atoms with Gasteiger partial charge >= 0.3 is 0 Å². The zero-order valence-corrected chi connectivity index (χ0v) is 14.6. The van der Waals surface area contributed by atoms with E-state index in [1.165, 1.54) is 0 Å². The number of hydrogen-bond acceptors (Lipinski definition) is 3. The van der Waals surface area contributed by atoms with Crippen molar-refractivity contribution in [1.82, 2.24) is 5.32 Å². The lowest BCUT2D eigenvalue weighted by Gasteiger charge is -2.16. The van der Waals surface area contributed by atoms with Crippen LogP contribution in [0.1, 0.15) is 12.0 Å². The van der Waals surface area contributed by atoms with Crippen molar-refractivity contribution in [2.45, 2.75) is 13.0 Å². The molecule has 0 spiro atoms. The fourth-order valence-corrected chi connectivity index (χ4v) is 3.01. The topological polar surface area (TPSA) is 52.7 Å². The molecular weight excluding hydrogens is 314 g/mol. The summed E-state index contributed by atoms with van der Waals surface area (Å²) in [5.41, 5.74) is 2.98. The van der Waals surface area contributed by atoms with Gasteiger partial charge in [-0.3, -0.25) is 9.59 Å². The summed E-state index contributed by atoms with van der Waals surface area (Å²) in [6.07, 6.45) is 0.555. The Balaban J connectivity index is 1.58. The number of anilines is 2. The predicted molar refractivity (Wildman–Crippen MR) is 99.5 cm³/mol. The van der Waals surface area contributed by atoms with Crippen molar-refractivity contribution >= 4 is 23.2 Å². The number of nitrogens with zero attached hydrogens (tertiary/aromatic N) is 2. The molecule has 5 heteroatoms. The number of nitrogens with one attached hydrogen (secondary N) is 1. The molecule has 1 atom stereocenters. The summed E-state index contributed by atoms with van der Waals surface area (Å²) in [6, 6.07) is 17.5. The molecule has 0 unspecified atom stereocenters. The van der Waals surface area contributed by atoms with Crippen LogP contribution in [0.5, 0.6) is 0 Å². The number of amides is 2. The van der Waals surface area contributed by atoms with E-state index in [0.717, 1.165) is 16.9 Å². The highest BCUT2D eigenvalue weighted by atomic mass is 16.2. The Morgan fingerprint density at radius 1 is 1.12 bits per heavy atom. The zero-order chi connectivity index (χ0) is 17.8. The van der Waals surface area contributed by atoms with E-state index in [9.17, 15) is 9.59 Å². The fourth-order valence-electron chi connectivity index (χ4n) is 3.01. The molecule has 0 radical (unpaired) electrons. The lowest BCUT2D eigenvalue weighted by Crippen LogP contribution is -2.36. The summed E-state index contributed by atoms with van der Waals surface area (Å²) in [6.45, 7) is 1.01. The standard InChI is InChI=1S/C20H23N3O2/c1-22(2)16-10-8-15(9-11-16)14-21-19(24)18-12-13-23(20(18)25)17-6-4-3-5-7-17/h3-11,18H,12-14H2,1-2H3,(H,21,24)/t18-/m1/s1. The Labute approximate surface area is 148 Å². The number of rotatable bonds is 5. The molecule has 3 rings (SSSR count). The van der Waals surface area contributed by atoms with Gasteiger partial charge in [-0.2, -0.15) is 0 Å². The van der Waals surface area contributed by atoms with Gasteiger partial charge in [0.15, 0.2) is 0 Å². The summed E-state index contributed by atoms with van der Waals surface area (Å²) < 4.78 is 0. The highest BCUT2D eigenvalue weighted by Crippen LogP contribution is 2.25. The average Bonchev–Trinajstić information content (AvgIpc) is 3.02. The summed E-state index contributed by atoms with van der Waals surface area (Å²) in [4.78, 5) is 28.7.